The standard InChI is InChI=1S/C27H23N3O7S/c1-35-22-12-8-20(9-13-22)29-26(32)24(28(27(29)38)16-25(31)36-2)15-18-6-10-23(11-7-18)37-17-19-4-3-5-21(14-19)30(33)34/h3-15H,16-17H2,1-2H3/b24-15-. The van der Waals surface area contributed by atoms with Crippen LogP contribution in [0, 0.1) is 10.1 Å². The third kappa shape index (κ3) is 5.79. The lowest BCUT2D eigenvalue weighted by atomic mass is 10.1. The van der Waals surface area contributed by atoms with Crippen LogP contribution in [0.2, 0.25) is 0 Å². The minimum atomic E-state index is -0.549. The number of amides is 1. The van der Waals surface area contributed by atoms with Gasteiger partial charge in [-0.05, 0) is 65.8 Å². The summed E-state index contributed by atoms with van der Waals surface area (Å²) in [6.07, 6.45) is 1.63. The van der Waals surface area contributed by atoms with E-state index in [0.717, 1.165) is 0 Å². The number of non-ortho nitro benzene ring substituents is 1. The Kier molecular flexibility index (Phi) is 7.97. The minimum absolute atomic E-state index is 0.00703. The first-order valence-electron chi connectivity index (χ1n) is 11.4. The van der Waals surface area contributed by atoms with Crippen molar-refractivity contribution in [3.63, 3.8) is 0 Å². The maximum absolute atomic E-state index is 13.4. The SMILES string of the molecule is COC(=O)CN1C(=S)N(c2ccc(OC)cc2)C(=O)/C1=C/c1ccc(OCc2cccc([N+](=O)[O-])c2)cc1. The lowest BCUT2D eigenvalue weighted by Gasteiger charge is -2.19. The first-order valence-corrected chi connectivity index (χ1v) is 11.8. The maximum Gasteiger partial charge on any atom is 0.325 e. The van der Waals surface area contributed by atoms with Crippen LogP contribution < -0.4 is 14.4 Å². The van der Waals surface area contributed by atoms with E-state index in [-0.39, 0.29) is 29.6 Å². The molecule has 0 spiro atoms. The molecule has 38 heavy (non-hydrogen) atoms. The summed E-state index contributed by atoms with van der Waals surface area (Å²) in [5.74, 6) is 0.224. The van der Waals surface area contributed by atoms with Gasteiger partial charge in [0.1, 0.15) is 30.3 Å². The smallest absolute Gasteiger partial charge is 0.325 e. The van der Waals surface area contributed by atoms with E-state index in [1.807, 2.05) is 0 Å². The Bertz CT molecular complexity index is 1400. The Morgan fingerprint density at radius 2 is 1.71 bits per heavy atom. The predicted molar refractivity (Wildman–Crippen MR) is 144 cm³/mol. The van der Waals surface area contributed by atoms with E-state index in [4.69, 9.17) is 26.4 Å². The Labute approximate surface area is 223 Å². The highest BCUT2D eigenvalue weighted by molar-refractivity contribution is 7.80. The van der Waals surface area contributed by atoms with Crippen molar-refractivity contribution in [2.45, 2.75) is 6.61 Å². The van der Waals surface area contributed by atoms with Crippen molar-refractivity contribution in [1.82, 2.24) is 4.90 Å². The molecule has 1 aliphatic heterocycles. The normalized spacial score (nSPS) is 14.1. The van der Waals surface area contributed by atoms with Crippen LogP contribution >= 0.6 is 12.2 Å². The molecule has 0 unspecified atom stereocenters. The molecule has 0 radical (unpaired) electrons. The van der Waals surface area contributed by atoms with E-state index in [0.29, 0.717) is 28.3 Å². The number of hydrogen-bond donors (Lipinski definition) is 0. The highest BCUT2D eigenvalue weighted by Crippen LogP contribution is 2.30. The van der Waals surface area contributed by atoms with Gasteiger partial charge in [0.05, 0.1) is 24.8 Å². The average molecular weight is 534 g/mol. The van der Waals surface area contributed by atoms with Gasteiger partial charge in [-0.25, -0.2) is 0 Å². The highest BCUT2D eigenvalue weighted by atomic mass is 32.1. The van der Waals surface area contributed by atoms with Gasteiger partial charge in [0, 0.05) is 12.1 Å². The molecule has 0 saturated carbocycles. The first-order chi connectivity index (χ1) is 18.3. The zero-order valence-corrected chi connectivity index (χ0v) is 21.3. The summed E-state index contributed by atoms with van der Waals surface area (Å²) >= 11 is 5.56. The first kappa shape index (κ1) is 26.3. The number of nitro benzene ring substituents is 1. The Morgan fingerprint density at radius 3 is 2.34 bits per heavy atom. The van der Waals surface area contributed by atoms with E-state index in [2.05, 4.69) is 0 Å². The number of carbonyl (C=O) groups excluding carboxylic acids is 2. The quantitative estimate of drug-likeness (QED) is 0.130. The number of nitro groups is 1. The van der Waals surface area contributed by atoms with Crippen LogP contribution in [0.1, 0.15) is 11.1 Å². The van der Waals surface area contributed by atoms with Crippen molar-refractivity contribution in [3.8, 4) is 11.5 Å². The Balaban J connectivity index is 1.55. The molecule has 0 atom stereocenters. The van der Waals surface area contributed by atoms with E-state index < -0.39 is 16.8 Å². The number of nitrogens with zero attached hydrogens (tertiary/aromatic N) is 3. The van der Waals surface area contributed by atoms with E-state index in [1.165, 1.54) is 29.0 Å². The third-order valence-corrected chi connectivity index (χ3v) is 6.09. The Morgan fingerprint density at radius 1 is 1.03 bits per heavy atom. The molecule has 1 heterocycles. The lowest BCUT2D eigenvalue weighted by Crippen LogP contribution is -2.35. The number of hydrogen-bond acceptors (Lipinski definition) is 8. The molecule has 3 aromatic carbocycles. The second kappa shape index (κ2) is 11.5. The van der Waals surface area contributed by atoms with Crippen molar-refractivity contribution in [2.75, 3.05) is 25.7 Å². The molecule has 4 rings (SSSR count). The number of ether oxygens (including phenoxy) is 3. The molecule has 0 aliphatic carbocycles. The van der Waals surface area contributed by atoms with Crippen molar-refractivity contribution in [1.29, 1.82) is 0 Å². The number of benzene rings is 3. The molecular formula is C27H23N3O7S. The Hall–Kier alpha value is -4.77. The second-order valence-corrected chi connectivity index (χ2v) is 8.46. The fourth-order valence-electron chi connectivity index (χ4n) is 3.73. The molecule has 0 bridgehead atoms. The van der Waals surface area contributed by atoms with Gasteiger partial charge in [-0.2, -0.15) is 0 Å². The van der Waals surface area contributed by atoms with Gasteiger partial charge in [0.2, 0.25) is 0 Å². The van der Waals surface area contributed by atoms with E-state index >= 15 is 0 Å². The third-order valence-electron chi connectivity index (χ3n) is 5.69. The summed E-state index contributed by atoms with van der Waals surface area (Å²) in [5, 5.41) is 11.1. The van der Waals surface area contributed by atoms with E-state index in [9.17, 15) is 19.7 Å². The van der Waals surface area contributed by atoms with E-state index in [1.54, 1.807) is 73.8 Å². The van der Waals surface area contributed by atoms with Gasteiger partial charge >= 0.3 is 5.97 Å². The van der Waals surface area contributed by atoms with Gasteiger partial charge < -0.3 is 19.1 Å². The van der Waals surface area contributed by atoms with Crippen molar-refractivity contribution < 1.29 is 28.7 Å². The van der Waals surface area contributed by atoms with Crippen LogP contribution in [-0.4, -0.2) is 47.6 Å². The molecule has 194 valence electrons. The largest absolute Gasteiger partial charge is 0.497 e. The predicted octanol–water partition coefficient (Wildman–Crippen LogP) is 4.33. The van der Waals surface area contributed by atoms with Crippen LogP contribution in [0.3, 0.4) is 0 Å². The molecule has 1 fully saturated rings. The highest BCUT2D eigenvalue weighted by Gasteiger charge is 2.40. The maximum atomic E-state index is 13.4. The number of esters is 1. The summed E-state index contributed by atoms with van der Waals surface area (Å²) < 4.78 is 15.7. The monoisotopic (exact) mass is 533 g/mol. The molecule has 11 heteroatoms. The summed E-state index contributed by atoms with van der Waals surface area (Å²) in [7, 11) is 2.81. The number of thiocarbonyl (C=S) groups is 1. The minimum Gasteiger partial charge on any atom is -0.497 e. The molecule has 1 saturated heterocycles. The molecular weight excluding hydrogens is 510 g/mol. The fraction of sp³-hybridized carbons (Fsp3) is 0.148. The molecule has 3 aromatic rings. The lowest BCUT2D eigenvalue weighted by molar-refractivity contribution is -0.384. The van der Waals surface area contributed by atoms with Crippen LogP contribution in [0.15, 0.2) is 78.5 Å². The zero-order valence-electron chi connectivity index (χ0n) is 20.5. The number of rotatable bonds is 9. The summed E-state index contributed by atoms with van der Waals surface area (Å²) in [5.41, 5.74) is 2.07. The number of anilines is 1. The number of methoxy groups -OCH3 is 2. The van der Waals surface area contributed by atoms with Crippen LogP contribution in [0.25, 0.3) is 6.08 Å². The van der Waals surface area contributed by atoms with Crippen LogP contribution in [0.4, 0.5) is 11.4 Å². The van der Waals surface area contributed by atoms with Gasteiger partial charge in [0.15, 0.2) is 5.11 Å². The van der Waals surface area contributed by atoms with Crippen molar-refractivity contribution >= 4 is 46.7 Å². The number of carbonyl (C=O) groups is 2. The second-order valence-electron chi connectivity index (χ2n) is 8.10. The van der Waals surface area contributed by atoms with Gasteiger partial charge in [-0.15, -0.1) is 0 Å². The van der Waals surface area contributed by atoms with Crippen molar-refractivity contribution in [3.05, 3.63) is 99.7 Å². The average Bonchev–Trinajstić information content (AvgIpc) is 3.16. The molecule has 1 aliphatic rings. The van der Waals surface area contributed by atoms with Gasteiger partial charge in [-0.3, -0.25) is 24.6 Å². The van der Waals surface area contributed by atoms with Crippen LogP contribution in [0.5, 0.6) is 11.5 Å². The molecule has 0 N–H and O–H groups in total. The summed E-state index contributed by atoms with van der Waals surface area (Å²) in [6, 6.07) is 20.0. The fourth-order valence-corrected chi connectivity index (χ4v) is 4.08. The topological polar surface area (TPSA) is 111 Å². The van der Waals surface area contributed by atoms with Crippen LogP contribution in [-0.2, 0) is 20.9 Å². The molecule has 10 nitrogen and oxygen atoms in total. The molecule has 1 amide bonds. The van der Waals surface area contributed by atoms with Crippen molar-refractivity contribution in [2.24, 2.45) is 0 Å². The molecule has 0 aromatic heterocycles. The van der Waals surface area contributed by atoms with Gasteiger partial charge in [-0.1, -0.05) is 24.3 Å². The zero-order chi connectivity index (χ0) is 27.2. The van der Waals surface area contributed by atoms with Gasteiger partial charge in [0.25, 0.3) is 11.6 Å². The summed E-state index contributed by atoms with van der Waals surface area (Å²) in [6.45, 7) is -0.0808. The summed E-state index contributed by atoms with van der Waals surface area (Å²) in [4.78, 5) is 38.8.